The quantitative estimate of drug-likeness (QED) is 0.500. The van der Waals surface area contributed by atoms with Crippen LogP contribution in [0.25, 0.3) is 10.8 Å². The molecule has 0 atom stereocenters. The summed E-state index contributed by atoms with van der Waals surface area (Å²) in [7, 11) is 2.12. The largest absolute Gasteiger partial charge is 0.494 e. The van der Waals surface area contributed by atoms with Crippen molar-refractivity contribution in [3.05, 3.63) is 62.9 Å². The Hall–Kier alpha value is -2.64. The van der Waals surface area contributed by atoms with Crippen LogP contribution in [0.2, 0.25) is 0 Å². The Bertz CT molecular complexity index is 1130. The molecule has 0 aliphatic carbocycles. The summed E-state index contributed by atoms with van der Waals surface area (Å²) in [4.78, 5) is 23.9. The predicted molar refractivity (Wildman–Crippen MR) is 131 cm³/mol. The monoisotopic (exact) mass is 482 g/mol. The minimum absolute atomic E-state index is 0.187. The van der Waals surface area contributed by atoms with Gasteiger partial charge in [0.15, 0.2) is 0 Å². The van der Waals surface area contributed by atoms with E-state index in [0.29, 0.717) is 16.3 Å². The number of nitrogens with zero attached hydrogens (tertiary/aromatic N) is 3. The number of piperidine rings is 1. The SMILES string of the molecule is CN(CCN1CCCCC1)c1ccc(N=Cc2c(O)[nH]c(=O)c3ccc(Br)cc23)cc1. The Kier molecular flexibility index (Phi) is 6.73. The minimum atomic E-state index is -0.325. The molecule has 0 bridgehead atoms. The highest BCUT2D eigenvalue weighted by Crippen LogP contribution is 2.25. The number of aromatic nitrogens is 1. The number of anilines is 1. The first kappa shape index (κ1) is 21.6. The average molecular weight is 483 g/mol. The van der Waals surface area contributed by atoms with Crippen molar-refractivity contribution in [1.82, 2.24) is 9.88 Å². The number of fused-ring (bicyclic) bond motifs is 1. The van der Waals surface area contributed by atoms with Gasteiger partial charge in [0.05, 0.1) is 11.3 Å². The van der Waals surface area contributed by atoms with E-state index in [1.807, 2.05) is 18.2 Å². The van der Waals surface area contributed by atoms with Gasteiger partial charge in [0.25, 0.3) is 5.56 Å². The summed E-state index contributed by atoms with van der Waals surface area (Å²) in [6.45, 7) is 4.51. The molecule has 0 radical (unpaired) electrons. The third kappa shape index (κ3) is 5.17. The zero-order valence-electron chi connectivity index (χ0n) is 17.6. The van der Waals surface area contributed by atoms with E-state index in [9.17, 15) is 9.90 Å². The molecular formula is C24H27BrN4O2. The maximum absolute atomic E-state index is 12.1. The fourth-order valence-electron chi connectivity index (χ4n) is 3.97. The number of hydrogen-bond acceptors (Lipinski definition) is 5. The van der Waals surface area contributed by atoms with Gasteiger partial charge < -0.3 is 14.9 Å². The van der Waals surface area contributed by atoms with Gasteiger partial charge in [-0.1, -0.05) is 22.4 Å². The molecule has 1 aromatic heterocycles. The van der Waals surface area contributed by atoms with E-state index in [0.717, 1.165) is 28.9 Å². The molecule has 0 unspecified atom stereocenters. The Morgan fingerprint density at radius 2 is 1.87 bits per heavy atom. The van der Waals surface area contributed by atoms with Crippen molar-refractivity contribution in [1.29, 1.82) is 0 Å². The summed E-state index contributed by atoms with van der Waals surface area (Å²) in [5.41, 5.74) is 2.09. The van der Waals surface area contributed by atoms with E-state index in [4.69, 9.17) is 0 Å². The van der Waals surface area contributed by atoms with Gasteiger partial charge in [-0.05, 0) is 68.4 Å². The number of rotatable bonds is 6. The molecule has 4 rings (SSSR count). The molecule has 1 aliphatic rings. The molecule has 31 heavy (non-hydrogen) atoms. The highest BCUT2D eigenvalue weighted by atomic mass is 79.9. The lowest BCUT2D eigenvalue weighted by molar-refractivity contribution is 0.234. The summed E-state index contributed by atoms with van der Waals surface area (Å²) in [5, 5.41) is 11.4. The number of hydrogen-bond donors (Lipinski definition) is 2. The van der Waals surface area contributed by atoms with Crippen LogP contribution in [0.15, 0.2) is 56.7 Å². The number of likely N-dealkylation sites (tertiary alicyclic amines) is 1. The average Bonchev–Trinajstić information content (AvgIpc) is 2.78. The van der Waals surface area contributed by atoms with Crippen LogP contribution in [0.1, 0.15) is 24.8 Å². The molecule has 0 spiro atoms. The zero-order valence-corrected chi connectivity index (χ0v) is 19.2. The van der Waals surface area contributed by atoms with Gasteiger partial charge in [-0.2, -0.15) is 0 Å². The van der Waals surface area contributed by atoms with Crippen LogP contribution in [-0.2, 0) is 0 Å². The van der Waals surface area contributed by atoms with Gasteiger partial charge >= 0.3 is 0 Å². The van der Waals surface area contributed by atoms with E-state index in [-0.39, 0.29) is 11.4 Å². The lowest BCUT2D eigenvalue weighted by atomic mass is 10.1. The number of benzene rings is 2. The molecule has 7 heteroatoms. The molecule has 162 valence electrons. The Morgan fingerprint density at radius 3 is 2.61 bits per heavy atom. The van der Waals surface area contributed by atoms with Crippen LogP contribution >= 0.6 is 15.9 Å². The normalized spacial score (nSPS) is 15.0. The van der Waals surface area contributed by atoms with E-state index in [2.05, 4.69) is 54.9 Å². The molecule has 2 N–H and O–H groups in total. The molecule has 2 aromatic carbocycles. The minimum Gasteiger partial charge on any atom is -0.494 e. The fraction of sp³-hybridized carbons (Fsp3) is 0.333. The van der Waals surface area contributed by atoms with E-state index < -0.39 is 0 Å². The number of aromatic hydroxyl groups is 1. The number of nitrogens with one attached hydrogen (secondary N) is 1. The number of H-pyrrole nitrogens is 1. The molecule has 1 aliphatic heterocycles. The first-order chi connectivity index (χ1) is 15.0. The van der Waals surface area contributed by atoms with Crippen molar-refractivity contribution >= 4 is 44.3 Å². The van der Waals surface area contributed by atoms with E-state index >= 15 is 0 Å². The maximum atomic E-state index is 12.1. The highest BCUT2D eigenvalue weighted by Gasteiger charge is 2.12. The van der Waals surface area contributed by atoms with Gasteiger partial charge in [0.2, 0.25) is 5.88 Å². The van der Waals surface area contributed by atoms with E-state index in [1.54, 1.807) is 18.3 Å². The predicted octanol–water partition coefficient (Wildman–Crippen LogP) is 4.67. The van der Waals surface area contributed by atoms with Crippen LogP contribution in [0.3, 0.4) is 0 Å². The lowest BCUT2D eigenvalue weighted by Gasteiger charge is -2.29. The van der Waals surface area contributed by atoms with Crippen LogP contribution in [0, 0.1) is 0 Å². The maximum Gasteiger partial charge on any atom is 0.258 e. The summed E-state index contributed by atoms with van der Waals surface area (Å²) in [6.07, 6.45) is 5.58. The third-order valence-electron chi connectivity index (χ3n) is 5.84. The Morgan fingerprint density at radius 1 is 1.13 bits per heavy atom. The molecule has 1 saturated heterocycles. The highest BCUT2D eigenvalue weighted by molar-refractivity contribution is 9.10. The van der Waals surface area contributed by atoms with Crippen molar-refractivity contribution in [2.75, 3.05) is 38.1 Å². The lowest BCUT2D eigenvalue weighted by Crippen LogP contribution is -2.36. The second-order valence-corrected chi connectivity index (χ2v) is 8.92. The summed E-state index contributed by atoms with van der Waals surface area (Å²) < 4.78 is 0.830. The van der Waals surface area contributed by atoms with Crippen molar-refractivity contribution in [2.24, 2.45) is 4.99 Å². The standard InChI is InChI=1S/C24H27BrN4O2/c1-28(13-14-29-11-3-2-4-12-29)19-8-6-18(7-9-19)26-16-22-21-15-17(25)5-10-20(21)23(30)27-24(22)31/h5-10,15-16H,2-4,11-14H2,1H3,(H2,27,30,31). The first-order valence-corrected chi connectivity index (χ1v) is 11.4. The van der Waals surface area contributed by atoms with Crippen LogP contribution in [0.4, 0.5) is 11.4 Å². The van der Waals surface area contributed by atoms with Gasteiger partial charge in [-0.25, -0.2) is 0 Å². The first-order valence-electron chi connectivity index (χ1n) is 10.6. The number of pyridine rings is 1. The van der Waals surface area contributed by atoms with Crippen molar-refractivity contribution < 1.29 is 5.11 Å². The smallest absolute Gasteiger partial charge is 0.258 e. The van der Waals surface area contributed by atoms with Gasteiger partial charge in [0, 0.05) is 47.3 Å². The van der Waals surface area contributed by atoms with Gasteiger partial charge in [0.1, 0.15) is 0 Å². The summed E-state index contributed by atoms with van der Waals surface area (Å²) in [5.74, 6) is -0.187. The second kappa shape index (κ2) is 9.66. The second-order valence-electron chi connectivity index (χ2n) is 8.00. The molecular weight excluding hydrogens is 456 g/mol. The zero-order chi connectivity index (χ0) is 21.8. The number of aliphatic imine (C=N–C) groups is 1. The number of likely N-dealkylation sites (N-methyl/N-ethyl adjacent to an activating group) is 1. The summed E-state index contributed by atoms with van der Waals surface area (Å²) >= 11 is 3.43. The van der Waals surface area contributed by atoms with Crippen molar-refractivity contribution in [2.45, 2.75) is 19.3 Å². The molecule has 2 heterocycles. The molecule has 3 aromatic rings. The van der Waals surface area contributed by atoms with Crippen LogP contribution in [0.5, 0.6) is 5.88 Å². The van der Waals surface area contributed by atoms with Gasteiger partial charge in [-0.3, -0.25) is 14.8 Å². The Labute approximate surface area is 190 Å². The number of halogens is 1. The van der Waals surface area contributed by atoms with E-state index in [1.165, 1.54) is 32.4 Å². The summed E-state index contributed by atoms with van der Waals surface area (Å²) in [6, 6.07) is 13.4. The molecule has 1 fully saturated rings. The van der Waals surface area contributed by atoms with Crippen LogP contribution < -0.4 is 10.5 Å². The Balaban J connectivity index is 1.48. The molecule has 6 nitrogen and oxygen atoms in total. The fourth-order valence-corrected chi connectivity index (χ4v) is 4.33. The van der Waals surface area contributed by atoms with Crippen molar-refractivity contribution in [3.8, 4) is 5.88 Å². The third-order valence-corrected chi connectivity index (χ3v) is 6.33. The van der Waals surface area contributed by atoms with Crippen LogP contribution in [-0.4, -0.2) is 54.4 Å². The molecule has 0 saturated carbocycles. The number of aromatic amines is 1. The topological polar surface area (TPSA) is 71.9 Å². The van der Waals surface area contributed by atoms with Gasteiger partial charge in [-0.15, -0.1) is 0 Å². The molecule has 0 amide bonds. The van der Waals surface area contributed by atoms with Crippen molar-refractivity contribution in [3.63, 3.8) is 0 Å².